The van der Waals surface area contributed by atoms with Crippen molar-refractivity contribution in [3.63, 3.8) is 0 Å². The first-order valence-corrected chi connectivity index (χ1v) is 9.04. The molecule has 0 aliphatic heterocycles. The number of aromatic nitrogens is 2. The summed E-state index contributed by atoms with van der Waals surface area (Å²) in [6.07, 6.45) is 1.04. The summed E-state index contributed by atoms with van der Waals surface area (Å²) in [4.78, 5) is 1.31. The molecule has 1 aromatic heterocycles. The first-order chi connectivity index (χ1) is 11.2. The second-order valence-electron chi connectivity index (χ2n) is 5.36. The Kier molecular flexibility index (Phi) is 5.09. The highest BCUT2D eigenvalue weighted by Crippen LogP contribution is 2.34. The smallest absolute Gasteiger partial charge is 0.131 e. The van der Waals surface area contributed by atoms with Gasteiger partial charge >= 0.3 is 0 Å². The molecule has 0 amide bonds. The molecule has 0 radical (unpaired) electrons. The lowest BCUT2D eigenvalue weighted by Gasteiger charge is -2.08. The molecule has 0 N–H and O–H groups in total. The molecule has 0 saturated heterocycles. The molecule has 0 atom stereocenters. The molecule has 3 aromatic rings. The van der Waals surface area contributed by atoms with Crippen molar-refractivity contribution >= 4 is 23.4 Å². The molecule has 4 heteroatoms. The third-order valence-corrected chi connectivity index (χ3v) is 5.46. The molecule has 0 saturated carbocycles. The summed E-state index contributed by atoms with van der Waals surface area (Å²) >= 11 is 8.31. The van der Waals surface area contributed by atoms with Crippen molar-refractivity contribution in [1.82, 2.24) is 9.78 Å². The van der Waals surface area contributed by atoms with Crippen LogP contribution in [0.25, 0.3) is 11.3 Å². The summed E-state index contributed by atoms with van der Waals surface area (Å²) in [5.74, 6) is 0.813. The maximum Gasteiger partial charge on any atom is 0.131 e. The first-order valence-electron chi connectivity index (χ1n) is 7.68. The molecule has 0 unspecified atom stereocenters. The molecule has 2 nitrogen and oxygen atoms in total. The van der Waals surface area contributed by atoms with Crippen LogP contribution in [0.4, 0.5) is 0 Å². The quantitative estimate of drug-likeness (QED) is 0.562. The third-order valence-electron chi connectivity index (χ3n) is 3.84. The molecule has 2 aromatic carbocycles. The zero-order valence-corrected chi connectivity index (χ0v) is 14.9. The van der Waals surface area contributed by atoms with Crippen LogP contribution in [0.2, 0.25) is 5.15 Å². The van der Waals surface area contributed by atoms with E-state index in [4.69, 9.17) is 11.6 Å². The van der Waals surface area contributed by atoms with Gasteiger partial charge in [-0.2, -0.15) is 5.10 Å². The highest BCUT2D eigenvalue weighted by molar-refractivity contribution is 7.98. The fraction of sp³-hybridized carbons (Fsp3) is 0.211. The molecule has 118 valence electrons. The van der Waals surface area contributed by atoms with Gasteiger partial charge in [-0.1, -0.05) is 67.1 Å². The number of hydrogen-bond acceptors (Lipinski definition) is 2. The van der Waals surface area contributed by atoms with Gasteiger partial charge in [-0.3, -0.25) is 4.68 Å². The van der Waals surface area contributed by atoms with Crippen LogP contribution in [-0.4, -0.2) is 9.78 Å². The Morgan fingerprint density at radius 2 is 1.74 bits per heavy atom. The number of thioether (sulfide) groups is 1. The lowest BCUT2D eigenvalue weighted by atomic mass is 10.1. The highest BCUT2D eigenvalue weighted by atomic mass is 35.5. The average molecular weight is 343 g/mol. The molecule has 23 heavy (non-hydrogen) atoms. The van der Waals surface area contributed by atoms with Crippen molar-refractivity contribution in [3.05, 3.63) is 70.9 Å². The van der Waals surface area contributed by atoms with Gasteiger partial charge in [-0.25, -0.2) is 0 Å². The Labute approximate surface area is 146 Å². The topological polar surface area (TPSA) is 17.8 Å². The van der Waals surface area contributed by atoms with Crippen molar-refractivity contribution in [1.29, 1.82) is 0 Å². The Balaban J connectivity index is 1.91. The maximum absolute atomic E-state index is 6.49. The van der Waals surface area contributed by atoms with Crippen LogP contribution in [0.5, 0.6) is 0 Å². The molecule has 0 bridgehead atoms. The summed E-state index contributed by atoms with van der Waals surface area (Å²) in [5.41, 5.74) is 4.55. The van der Waals surface area contributed by atoms with Crippen LogP contribution in [0.1, 0.15) is 18.1 Å². The van der Waals surface area contributed by atoms with Crippen LogP contribution in [-0.2, 0) is 19.2 Å². The zero-order chi connectivity index (χ0) is 16.2. The lowest BCUT2D eigenvalue weighted by molar-refractivity contribution is 0.771. The van der Waals surface area contributed by atoms with Crippen LogP contribution < -0.4 is 0 Å². The summed E-state index contributed by atoms with van der Waals surface area (Å²) in [7, 11) is 1.89. The standard InChI is InChI=1S/C19H19ClN2S/c1-3-14-9-7-8-12-17(14)23-13-16-18(21-22(2)19(16)20)15-10-5-4-6-11-15/h4-12H,3,13H2,1-2H3. The lowest BCUT2D eigenvalue weighted by Crippen LogP contribution is -1.89. The SMILES string of the molecule is CCc1ccccc1SCc1c(-c2ccccc2)nn(C)c1Cl. The average Bonchev–Trinajstić information content (AvgIpc) is 2.89. The van der Waals surface area contributed by atoms with Gasteiger partial charge in [0.15, 0.2) is 0 Å². The van der Waals surface area contributed by atoms with Gasteiger partial charge < -0.3 is 0 Å². The molecule has 0 aliphatic rings. The van der Waals surface area contributed by atoms with E-state index in [0.29, 0.717) is 5.15 Å². The van der Waals surface area contributed by atoms with Crippen molar-refractivity contribution in [3.8, 4) is 11.3 Å². The van der Waals surface area contributed by atoms with Gasteiger partial charge in [0.1, 0.15) is 5.15 Å². The Morgan fingerprint density at radius 1 is 1.04 bits per heavy atom. The minimum atomic E-state index is 0.713. The summed E-state index contributed by atoms with van der Waals surface area (Å²) in [6.45, 7) is 2.19. The summed E-state index contributed by atoms with van der Waals surface area (Å²) in [5, 5.41) is 5.32. The highest BCUT2D eigenvalue weighted by Gasteiger charge is 2.16. The van der Waals surface area contributed by atoms with Gasteiger partial charge in [0.05, 0.1) is 5.69 Å². The van der Waals surface area contributed by atoms with E-state index in [-0.39, 0.29) is 0 Å². The number of hydrogen-bond donors (Lipinski definition) is 0. The van der Waals surface area contributed by atoms with E-state index in [1.165, 1.54) is 10.5 Å². The van der Waals surface area contributed by atoms with E-state index in [1.54, 1.807) is 4.68 Å². The predicted molar refractivity (Wildman–Crippen MR) is 99.0 cm³/mol. The van der Waals surface area contributed by atoms with E-state index in [1.807, 2.05) is 37.0 Å². The third kappa shape index (κ3) is 3.46. The largest absolute Gasteiger partial charge is 0.256 e. The second kappa shape index (κ2) is 7.24. The van der Waals surface area contributed by atoms with Gasteiger partial charge in [-0.15, -0.1) is 11.8 Å². The van der Waals surface area contributed by atoms with Gasteiger partial charge in [0.2, 0.25) is 0 Å². The summed E-state index contributed by atoms with van der Waals surface area (Å²) < 4.78 is 1.76. The minimum Gasteiger partial charge on any atom is -0.256 e. The predicted octanol–water partition coefficient (Wildman–Crippen LogP) is 5.60. The normalized spacial score (nSPS) is 10.9. The van der Waals surface area contributed by atoms with Crippen molar-refractivity contribution in [2.75, 3.05) is 0 Å². The zero-order valence-electron chi connectivity index (χ0n) is 13.3. The number of aryl methyl sites for hydroxylation is 2. The Morgan fingerprint density at radius 3 is 2.48 bits per heavy atom. The number of benzene rings is 2. The van der Waals surface area contributed by atoms with Crippen molar-refractivity contribution < 1.29 is 0 Å². The molecule has 1 heterocycles. The Hall–Kier alpha value is -1.71. The van der Waals surface area contributed by atoms with Gasteiger partial charge in [-0.05, 0) is 18.1 Å². The van der Waals surface area contributed by atoms with Crippen LogP contribution in [0.3, 0.4) is 0 Å². The fourth-order valence-electron chi connectivity index (χ4n) is 2.59. The van der Waals surface area contributed by atoms with Crippen molar-refractivity contribution in [2.45, 2.75) is 24.0 Å². The first kappa shape index (κ1) is 16.2. The second-order valence-corrected chi connectivity index (χ2v) is 6.73. The molecule has 0 fully saturated rings. The van der Waals surface area contributed by atoms with Gasteiger partial charge in [0, 0.05) is 28.8 Å². The maximum atomic E-state index is 6.49. The fourth-order valence-corrected chi connectivity index (χ4v) is 4.01. The Bertz CT molecular complexity index is 796. The molecule has 0 aliphatic carbocycles. The number of halogens is 1. The van der Waals surface area contributed by atoms with E-state index in [9.17, 15) is 0 Å². The van der Waals surface area contributed by atoms with Crippen LogP contribution >= 0.6 is 23.4 Å². The van der Waals surface area contributed by atoms with Gasteiger partial charge in [0.25, 0.3) is 0 Å². The van der Waals surface area contributed by atoms with E-state index >= 15 is 0 Å². The van der Waals surface area contributed by atoms with E-state index in [0.717, 1.165) is 29.0 Å². The molecule has 3 rings (SSSR count). The minimum absolute atomic E-state index is 0.713. The molecule has 0 spiro atoms. The summed E-state index contributed by atoms with van der Waals surface area (Å²) in [6, 6.07) is 18.8. The molecular weight excluding hydrogens is 324 g/mol. The molecular formula is C19H19ClN2S. The van der Waals surface area contributed by atoms with E-state index in [2.05, 4.69) is 48.4 Å². The number of nitrogens with zero attached hydrogens (tertiary/aromatic N) is 2. The monoisotopic (exact) mass is 342 g/mol. The van der Waals surface area contributed by atoms with Crippen molar-refractivity contribution in [2.24, 2.45) is 7.05 Å². The number of rotatable bonds is 5. The van der Waals surface area contributed by atoms with Crippen LogP contribution in [0, 0.1) is 0 Å². The van der Waals surface area contributed by atoms with Crippen LogP contribution in [0.15, 0.2) is 59.5 Å². The van der Waals surface area contributed by atoms with E-state index < -0.39 is 0 Å².